The normalized spacial score (nSPS) is 12.0. The van der Waals surface area contributed by atoms with E-state index in [0.717, 1.165) is 23.9 Å². The molecule has 3 aromatic rings. The van der Waals surface area contributed by atoms with E-state index in [0.29, 0.717) is 21.6 Å². The molecule has 0 unspecified atom stereocenters. The van der Waals surface area contributed by atoms with E-state index < -0.39 is 28.2 Å². The van der Waals surface area contributed by atoms with Crippen LogP contribution in [0.5, 0.6) is 5.88 Å². The molecule has 0 N–H and O–H groups in total. The lowest BCUT2D eigenvalue weighted by Crippen LogP contribution is -2.25. The topological polar surface area (TPSA) is 87.3 Å². The van der Waals surface area contributed by atoms with Crippen LogP contribution in [0.2, 0.25) is 0 Å². The molecule has 0 saturated carbocycles. The Hall–Kier alpha value is -3.34. The molecule has 3 rings (SSSR count). The van der Waals surface area contributed by atoms with Gasteiger partial charge in [0, 0.05) is 6.07 Å². The van der Waals surface area contributed by atoms with Crippen molar-refractivity contribution in [3.8, 4) is 5.88 Å². The van der Waals surface area contributed by atoms with Gasteiger partial charge in [-0.25, -0.2) is 9.48 Å². The second kappa shape index (κ2) is 8.89. The highest BCUT2D eigenvalue weighted by Crippen LogP contribution is 2.43. The molecule has 11 heteroatoms. The monoisotopic (exact) mass is 479 g/mol. The van der Waals surface area contributed by atoms with Crippen molar-refractivity contribution >= 4 is 23.4 Å². The minimum absolute atomic E-state index is 0.00874. The van der Waals surface area contributed by atoms with Gasteiger partial charge in [0.15, 0.2) is 0 Å². The molecule has 2 aromatic carbocycles. The number of esters is 1. The first-order valence-corrected chi connectivity index (χ1v) is 10.5. The molecule has 174 valence electrons. The molecule has 0 amide bonds. The maximum absolute atomic E-state index is 13.1. The number of ether oxygens (including phenoxy) is 1. The van der Waals surface area contributed by atoms with Gasteiger partial charge in [0.2, 0.25) is 5.88 Å². The lowest BCUT2D eigenvalue weighted by Gasteiger charge is -2.22. The first kappa shape index (κ1) is 24.3. The van der Waals surface area contributed by atoms with Crippen molar-refractivity contribution in [1.82, 2.24) is 9.78 Å². The third kappa shape index (κ3) is 5.36. The zero-order chi connectivity index (χ0) is 24.6. The number of nitro benzene ring substituents is 1. The summed E-state index contributed by atoms with van der Waals surface area (Å²) in [6, 6.07) is 9.97. The Morgan fingerprint density at radius 2 is 1.79 bits per heavy atom. The molecule has 0 saturated heterocycles. The van der Waals surface area contributed by atoms with E-state index in [1.807, 2.05) is 0 Å². The Bertz CT molecular complexity index is 1220. The summed E-state index contributed by atoms with van der Waals surface area (Å²) < 4.78 is 46.2. The summed E-state index contributed by atoms with van der Waals surface area (Å²) in [4.78, 5) is 24.3. The molecule has 0 radical (unpaired) electrons. The summed E-state index contributed by atoms with van der Waals surface area (Å²) >= 11 is 0.995. The number of para-hydroxylation sites is 1. The number of hydrogen-bond acceptors (Lipinski definition) is 6. The molecule has 0 bridgehead atoms. The molecule has 0 spiro atoms. The van der Waals surface area contributed by atoms with Crippen molar-refractivity contribution in [2.75, 3.05) is 0 Å². The molecule has 0 aliphatic rings. The Labute approximate surface area is 191 Å². The van der Waals surface area contributed by atoms with Crippen molar-refractivity contribution in [3.05, 3.63) is 75.5 Å². The number of carbonyl (C=O) groups is 1. The Morgan fingerprint density at radius 3 is 2.39 bits per heavy atom. The van der Waals surface area contributed by atoms with Crippen LogP contribution in [0.1, 0.15) is 42.4 Å². The van der Waals surface area contributed by atoms with Crippen LogP contribution >= 0.6 is 11.8 Å². The highest BCUT2D eigenvalue weighted by molar-refractivity contribution is 7.99. The highest BCUT2D eigenvalue weighted by atomic mass is 32.2. The van der Waals surface area contributed by atoms with Crippen molar-refractivity contribution < 1.29 is 27.6 Å². The highest BCUT2D eigenvalue weighted by Gasteiger charge is 2.32. The maximum atomic E-state index is 13.1. The first-order chi connectivity index (χ1) is 15.3. The summed E-state index contributed by atoms with van der Waals surface area (Å²) in [6.45, 7) is 7.07. The van der Waals surface area contributed by atoms with E-state index in [1.54, 1.807) is 39.8 Å². The number of rotatable bonds is 5. The zero-order valence-corrected chi connectivity index (χ0v) is 19.0. The van der Waals surface area contributed by atoms with E-state index >= 15 is 0 Å². The number of carbonyl (C=O) groups excluding carboxylic acids is 1. The average Bonchev–Trinajstić information content (AvgIpc) is 3.03. The van der Waals surface area contributed by atoms with Crippen molar-refractivity contribution in [2.24, 2.45) is 0 Å². The lowest BCUT2D eigenvalue weighted by atomic mass is 10.1. The molecule has 0 fully saturated rings. The van der Waals surface area contributed by atoms with E-state index in [9.17, 15) is 28.1 Å². The Kier molecular flexibility index (Phi) is 6.55. The van der Waals surface area contributed by atoms with Crippen LogP contribution in [0, 0.1) is 17.0 Å². The van der Waals surface area contributed by atoms with Crippen LogP contribution in [0.3, 0.4) is 0 Å². The van der Waals surface area contributed by atoms with Gasteiger partial charge in [-0.05, 0) is 52.0 Å². The summed E-state index contributed by atoms with van der Waals surface area (Å²) in [5, 5.41) is 15.8. The minimum Gasteiger partial charge on any atom is -0.403 e. The number of nitrogens with zero attached hydrogens (tertiary/aromatic N) is 3. The van der Waals surface area contributed by atoms with Gasteiger partial charge >= 0.3 is 12.1 Å². The SMILES string of the molecule is Cc1nn(C(C)(C)C)c(OC(=O)c2cccc(C(F)(F)F)c2)c1Sc1ccccc1[N+](=O)[O-]. The number of alkyl halides is 3. The second-order valence-electron chi connectivity index (χ2n) is 8.10. The van der Waals surface area contributed by atoms with E-state index in [2.05, 4.69) is 5.10 Å². The minimum atomic E-state index is -4.62. The number of aryl methyl sites for hydroxylation is 1. The third-order valence-electron chi connectivity index (χ3n) is 4.49. The van der Waals surface area contributed by atoms with Crippen molar-refractivity contribution in [3.63, 3.8) is 0 Å². The summed E-state index contributed by atoms with van der Waals surface area (Å²) in [5.41, 5.74) is -1.62. The summed E-state index contributed by atoms with van der Waals surface area (Å²) in [6.07, 6.45) is -4.62. The number of benzene rings is 2. The molecule has 0 atom stereocenters. The lowest BCUT2D eigenvalue weighted by molar-refractivity contribution is -0.387. The summed E-state index contributed by atoms with van der Waals surface area (Å²) in [7, 11) is 0. The number of hydrogen-bond donors (Lipinski definition) is 0. The van der Waals surface area contributed by atoms with E-state index in [1.165, 1.54) is 22.9 Å². The van der Waals surface area contributed by atoms with Crippen LogP contribution < -0.4 is 4.74 Å². The van der Waals surface area contributed by atoms with Gasteiger partial charge in [-0.3, -0.25) is 10.1 Å². The maximum Gasteiger partial charge on any atom is 0.416 e. The fraction of sp³-hybridized carbons (Fsp3) is 0.273. The summed E-state index contributed by atoms with van der Waals surface area (Å²) in [5.74, 6) is -1.01. The molecule has 1 heterocycles. The van der Waals surface area contributed by atoms with Crippen molar-refractivity contribution in [1.29, 1.82) is 0 Å². The smallest absolute Gasteiger partial charge is 0.403 e. The van der Waals surface area contributed by atoms with Gasteiger partial charge in [0.05, 0.1) is 37.1 Å². The van der Waals surface area contributed by atoms with Gasteiger partial charge in [-0.15, -0.1) is 0 Å². The second-order valence-corrected chi connectivity index (χ2v) is 9.15. The molecule has 7 nitrogen and oxygen atoms in total. The predicted octanol–water partition coefficient (Wildman–Crippen LogP) is 6.24. The van der Waals surface area contributed by atoms with Gasteiger partial charge in [-0.1, -0.05) is 30.0 Å². The van der Waals surface area contributed by atoms with E-state index in [-0.39, 0.29) is 17.1 Å². The van der Waals surface area contributed by atoms with Crippen LogP contribution in [-0.2, 0) is 11.7 Å². The molecular formula is C22H20F3N3O4S. The fourth-order valence-corrected chi connectivity index (χ4v) is 3.94. The Morgan fingerprint density at radius 1 is 1.12 bits per heavy atom. The van der Waals surface area contributed by atoms with Crippen LogP contribution in [-0.4, -0.2) is 20.7 Å². The van der Waals surface area contributed by atoms with Crippen LogP contribution in [0.4, 0.5) is 18.9 Å². The largest absolute Gasteiger partial charge is 0.416 e. The molecular weight excluding hydrogens is 459 g/mol. The van der Waals surface area contributed by atoms with Gasteiger partial charge in [0.1, 0.15) is 0 Å². The Balaban J connectivity index is 2.06. The molecule has 0 aliphatic carbocycles. The molecule has 33 heavy (non-hydrogen) atoms. The fourth-order valence-electron chi connectivity index (χ4n) is 2.93. The number of nitro groups is 1. The number of aromatic nitrogens is 2. The van der Waals surface area contributed by atoms with Crippen molar-refractivity contribution in [2.45, 2.75) is 49.2 Å². The van der Waals surface area contributed by atoms with Crippen LogP contribution in [0.15, 0.2) is 58.3 Å². The third-order valence-corrected chi connectivity index (χ3v) is 5.73. The molecule has 1 aromatic heterocycles. The van der Waals surface area contributed by atoms with E-state index in [4.69, 9.17) is 4.74 Å². The first-order valence-electron chi connectivity index (χ1n) is 9.70. The van der Waals surface area contributed by atoms with Crippen LogP contribution in [0.25, 0.3) is 0 Å². The van der Waals surface area contributed by atoms with Gasteiger partial charge in [0.25, 0.3) is 5.69 Å². The predicted molar refractivity (Wildman–Crippen MR) is 116 cm³/mol. The average molecular weight is 479 g/mol. The quantitative estimate of drug-likeness (QED) is 0.244. The number of halogens is 3. The van der Waals surface area contributed by atoms with Gasteiger partial charge in [-0.2, -0.15) is 18.3 Å². The standard InChI is InChI=1S/C22H20F3N3O4S/c1-13-18(33-17-11-6-5-10-16(17)28(30)31)19(27(26-13)21(2,3)4)32-20(29)14-8-7-9-15(12-14)22(23,24)25/h5-12H,1-4H3. The molecule has 0 aliphatic heterocycles. The zero-order valence-electron chi connectivity index (χ0n) is 18.1. The van der Waals surface area contributed by atoms with Gasteiger partial charge < -0.3 is 4.74 Å².